The molecule has 7 heteroatoms. The molecule has 0 aliphatic heterocycles. The number of nitrogen functional groups attached to an aromatic ring is 1. The second-order valence-corrected chi connectivity index (χ2v) is 5.66. The van der Waals surface area contributed by atoms with Crippen molar-refractivity contribution in [1.29, 1.82) is 0 Å². The lowest BCUT2D eigenvalue weighted by Gasteiger charge is -2.16. The second kappa shape index (κ2) is 6.14. The number of anilines is 1. The average Bonchev–Trinajstić information content (AvgIpc) is 2.31. The first-order valence-corrected chi connectivity index (χ1v) is 6.87. The fraction of sp³-hybridized carbons (Fsp3) is 0.455. The van der Waals surface area contributed by atoms with Crippen molar-refractivity contribution < 1.29 is 18.3 Å². The maximum absolute atomic E-state index is 12.1. The topological polar surface area (TPSA) is 102 Å². The Morgan fingerprint density at radius 3 is 2.72 bits per heavy atom. The molecule has 1 atom stereocenters. The lowest BCUT2D eigenvalue weighted by atomic mass is 10.2. The zero-order chi connectivity index (χ0) is 13.8. The monoisotopic (exact) mass is 274 g/mol. The van der Waals surface area contributed by atoms with Crippen LogP contribution in [-0.2, 0) is 14.8 Å². The average molecular weight is 274 g/mol. The largest absolute Gasteiger partial charge is 0.399 e. The quantitative estimate of drug-likeness (QED) is 0.627. The van der Waals surface area contributed by atoms with E-state index in [-0.39, 0.29) is 18.1 Å². The number of methoxy groups -OCH3 is 1. The zero-order valence-corrected chi connectivity index (χ0v) is 11.2. The van der Waals surface area contributed by atoms with Crippen LogP contribution in [0.2, 0.25) is 0 Å². The Bertz CT molecular complexity index is 502. The van der Waals surface area contributed by atoms with E-state index in [0.717, 1.165) is 0 Å². The Balaban J connectivity index is 3.02. The van der Waals surface area contributed by atoms with Crippen molar-refractivity contribution in [3.05, 3.63) is 23.8 Å². The molecule has 0 aromatic heterocycles. The third-order valence-corrected chi connectivity index (χ3v) is 4.07. The van der Waals surface area contributed by atoms with Gasteiger partial charge in [-0.25, -0.2) is 13.1 Å². The highest BCUT2D eigenvalue weighted by atomic mass is 32.2. The van der Waals surface area contributed by atoms with Gasteiger partial charge < -0.3 is 15.6 Å². The molecule has 0 amide bonds. The second-order valence-electron chi connectivity index (χ2n) is 3.98. The summed E-state index contributed by atoms with van der Waals surface area (Å²) in [4.78, 5) is 0.108. The first-order valence-electron chi connectivity index (χ1n) is 5.39. The molecule has 0 saturated heterocycles. The summed E-state index contributed by atoms with van der Waals surface area (Å²) in [7, 11) is -2.28. The summed E-state index contributed by atoms with van der Waals surface area (Å²) in [6, 6.07) is 3.97. The highest BCUT2D eigenvalue weighted by molar-refractivity contribution is 7.89. The summed E-state index contributed by atoms with van der Waals surface area (Å²) < 4.78 is 31.4. The highest BCUT2D eigenvalue weighted by Gasteiger charge is 2.21. The smallest absolute Gasteiger partial charge is 0.241 e. The van der Waals surface area contributed by atoms with Gasteiger partial charge in [0.2, 0.25) is 10.0 Å². The number of nitrogens with one attached hydrogen (secondary N) is 1. The van der Waals surface area contributed by atoms with Crippen molar-refractivity contribution in [2.24, 2.45) is 0 Å². The molecule has 0 bridgehead atoms. The van der Waals surface area contributed by atoms with Crippen LogP contribution in [0, 0.1) is 6.92 Å². The number of nitrogens with two attached hydrogens (primary N) is 1. The maximum atomic E-state index is 12.1. The number of aliphatic hydroxyl groups is 1. The van der Waals surface area contributed by atoms with Gasteiger partial charge in [-0.3, -0.25) is 0 Å². The fourth-order valence-corrected chi connectivity index (χ4v) is 3.01. The molecule has 0 fully saturated rings. The molecular formula is C11H18N2O4S. The summed E-state index contributed by atoms with van der Waals surface area (Å²) in [5.74, 6) is 0. The van der Waals surface area contributed by atoms with Gasteiger partial charge in [-0.15, -0.1) is 0 Å². The lowest BCUT2D eigenvalue weighted by molar-refractivity contribution is 0.139. The van der Waals surface area contributed by atoms with Gasteiger partial charge in [0, 0.05) is 12.8 Å². The number of sulfonamides is 1. The van der Waals surface area contributed by atoms with Gasteiger partial charge in [0.1, 0.15) is 0 Å². The standard InChI is InChI=1S/C11H18N2O4S/c1-8-3-4-9(12)5-11(8)18(15,16)13-10(6-14)7-17-2/h3-5,10,13-14H,6-7,12H2,1-2H3. The Morgan fingerprint density at radius 1 is 1.50 bits per heavy atom. The minimum Gasteiger partial charge on any atom is -0.399 e. The van der Waals surface area contributed by atoms with Crippen LogP contribution in [0.15, 0.2) is 23.1 Å². The third-order valence-electron chi connectivity index (χ3n) is 2.41. The van der Waals surface area contributed by atoms with Crippen LogP contribution < -0.4 is 10.5 Å². The van der Waals surface area contributed by atoms with Crippen LogP contribution in [0.25, 0.3) is 0 Å². The summed E-state index contributed by atoms with van der Waals surface area (Å²) in [5.41, 5.74) is 6.54. The van der Waals surface area contributed by atoms with Crippen LogP contribution in [0.5, 0.6) is 0 Å². The minimum absolute atomic E-state index is 0.0943. The number of aryl methyl sites for hydroxylation is 1. The van der Waals surface area contributed by atoms with E-state index in [9.17, 15) is 8.42 Å². The van der Waals surface area contributed by atoms with Crippen LogP contribution in [0.1, 0.15) is 5.56 Å². The van der Waals surface area contributed by atoms with Gasteiger partial charge in [0.15, 0.2) is 0 Å². The minimum atomic E-state index is -3.72. The SMILES string of the molecule is COCC(CO)NS(=O)(=O)c1cc(N)ccc1C. The van der Waals surface area contributed by atoms with Crippen molar-refractivity contribution in [3.63, 3.8) is 0 Å². The first kappa shape index (κ1) is 14.9. The molecule has 0 radical (unpaired) electrons. The number of aliphatic hydroxyl groups excluding tert-OH is 1. The molecule has 102 valence electrons. The number of ether oxygens (including phenoxy) is 1. The van der Waals surface area contributed by atoms with E-state index in [2.05, 4.69) is 4.72 Å². The van der Waals surface area contributed by atoms with Crippen LogP contribution in [0.4, 0.5) is 5.69 Å². The summed E-state index contributed by atoms with van der Waals surface area (Å²) >= 11 is 0. The molecule has 0 aliphatic carbocycles. The predicted molar refractivity (Wildman–Crippen MR) is 68.7 cm³/mol. The lowest BCUT2D eigenvalue weighted by Crippen LogP contribution is -2.40. The first-order chi connectivity index (χ1) is 8.40. The van der Waals surface area contributed by atoms with Crippen molar-refractivity contribution in [2.45, 2.75) is 17.9 Å². The third kappa shape index (κ3) is 3.67. The van der Waals surface area contributed by atoms with Gasteiger partial charge in [0.05, 0.1) is 24.2 Å². The van der Waals surface area contributed by atoms with Crippen LogP contribution in [0.3, 0.4) is 0 Å². The Labute approximate surface area is 107 Å². The van der Waals surface area contributed by atoms with Crippen molar-refractivity contribution in [3.8, 4) is 0 Å². The van der Waals surface area contributed by atoms with Gasteiger partial charge >= 0.3 is 0 Å². The van der Waals surface area contributed by atoms with E-state index in [1.807, 2.05) is 0 Å². The number of hydrogen-bond donors (Lipinski definition) is 3. The number of benzene rings is 1. The van der Waals surface area contributed by atoms with E-state index in [0.29, 0.717) is 11.3 Å². The summed E-state index contributed by atoms with van der Waals surface area (Å²) in [6.07, 6.45) is 0. The molecule has 1 unspecified atom stereocenters. The van der Waals surface area contributed by atoms with E-state index in [1.54, 1.807) is 19.1 Å². The van der Waals surface area contributed by atoms with Crippen molar-refractivity contribution >= 4 is 15.7 Å². The molecule has 1 rings (SSSR count). The van der Waals surface area contributed by atoms with Gasteiger partial charge in [-0.1, -0.05) is 6.07 Å². The molecule has 0 aliphatic rings. The van der Waals surface area contributed by atoms with Gasteiger partial charge in [-0.2, -0.15) is 0 Å². The summed E-state index contributed by atoms with van der Waals surface area (Å²) in [6.45, 7) is 1.43. The molecule has 0 saturated carbocycles. The molecule has 1 aromatic rings. The fourth-order valence-electron chi connectivity index (χ4n) is 1.51. The Kier molecular flexibility index (Phi) is 5.09. The maximum Gasteiger partial charge on any atom is 0.241 e. The number of hydrogen-bond acceptors (Lipinski definition) is 5. The van der Waals surface area contributed by atoms with Crippen molar-refractivity contribution in [1.82, 2.24) is 4.72 Å². The van der Waals surface area contributed by atoms with E-state index < -0.39 is 16.1 Å². The normalized spacial score (nSPS) is 13.5. The highest BCUT2D eigenvalue weighted by Crippen LogP contribution is 2.18. The van der Waals surface area contributed by atoms with E-state index in [4.69, 9.17) is 15.6 Å². The summed E-state index contributed by atoms with van der Waals surface area (Å²) in [5, 5.41) is 9.06. The van der Waals surface area contributed by atoms with Gasteiger partial charge in [-0.05, 0) is 24.6 Å². The Hall–Kier alpha value is -1.15. The van der Waals surface area contributed by atoms with E-state index >= 15 is 0 Å². The molecule has 1 aromatic carbocycles. The molecule has 0 spiro atoms. The molecule has 0 heterocycles. The van der Waals surface area contributed by atoms with Gasteiger partial charge in [0.25, 0.3) is 0 Å². The molecule has 4 N–H and O–H groups in total. The van der Waals surface area contributed by atoms with E-state index in [1.165, 1.54) is 13.2 Å². The van der Waals surface area contributed by atoms with Crippen LogP contribution in [-0.4, -0.2) is 39.9 Å². The number of rotatable bonds is 6. The molecule has 6 nitrogen and oxygen atoms in total. The predicted octanol–water partition coefficient (Wildman–Crippen LogP) is -0.137. The Morgan fingerprint density at radius 2 is 2.17 bits per heavy atom. The zero-order valence-electron chi connectivity index (χ0n) is 10.4. The van der Waals surface area contributed by atoms with Crippen LogP contribution >= 0.6 is 0 Å². The molecular weight excluding hydrogens is 256 g/mol. The molecule has 18 heavy (non-hydrogen) atoms. The van der Waals surface area contributed by atoms with Crippen molar-refractivity contribution in [2.75, 3.05) is 26.1 Å².